The van der Waals surface area contributed by atoms with Crippen molar-refractivity contribution in [2.45, 2.75) is 32.2 Å². The highest BCUT2D eigenvalue weighted by molar-refractivity contribution is 5.14. The van der Waals surface area contributed by atoms with E-state index in [1.54, 1.807) is 0 Å². The zero-order valence-corrected chi connectivity index (χ0v) is 11.8. The van der Waals surface area contributed by atoms with Crippen molar-refractivity contribution in [3.8, 4) is 0 Å². The Kier molecular flexibility index (Phi) is 5.21. The molecule has 0 radical (unpaired) electrons. The average molecular weight is 246 g/mol. The smallest absolute Gasteiger partial charge is 0.0112 e. The summed E-state index contributed by atoms with van der Waals surface area (Å²) in [6.07, 6.45) is 3.79. The third-order valence-electron chi connectivity index (χ3n) is 4.07. The summed E-state index contributed by atoms with van der Waals surface area (Å²) in [7, 11) is 2.23. The molecular formula is C16H26N2. The van der Waals surface area contributed by atoms with Crippen molar-refractivity contribution in [2.75, 3.05) is 33.2 Å². The van der Waals surface area contributed by atoms with Gasteiger partial charge in [-0.3, -0.25) is 4.90 Å². The van der Waals surface area contributed by atoms with Crippen LogP contribution < -0.4 is 0 Å². The first-order valence-corrected chi connectivity index (χ1v) is 7.22. The van der Waals surface area contributed by atoms with Gasteiger partial charge in [-0.25, -0.2) is 0 Å². The van der Waals surface area contributed by atoms with E-state index in [0.717, 1.165) is 0 Å². The summed E-state index contributed by atoms with van der Waals surface area (Å²) in [5, 5.41) is 0. The van der Waals surface area contributed by atoms with Crippen molar-refractivity contribution in [3.63, 3.8) is 0 Å². The first-order chi connectivity index (χ1) is 8.75. The van der Waals surface area contributed by atoms with Crippen LogP contribution in [0.15, 0.2) is 30.3 Å². The van der Waals surface area contributed by atoms with Crippen LogP contribution in [0.25, 0.3) is 0 Å². The Balaban J connectivity index is 1.78. The first-order valence-electron chi connectivity index (χ1n) is 7.22. The van der Waals surface area contributed by atoms with Gasteiger partial charge in [-0.2, -0.15) is 0 Å². The lowest BCUT2D eigenvalue weighted by Crippen LogP contribution is -2.36. The minimum Gasteiger partial charge on any atom is -0.305 e. The van der Waals surface area contributed by atoms with Gasteiger partial charge in [-0.15, -0.1) is 0 Å². The van der Waals surface area contributed by atoms with Gasteiger partial charge in [0.25, 0.3) is 0 Å². The molecule has 0 aromatic heterocycles. The molecule has 1 saturated heterocycles. The molecule has 1 heterocycles. The summed E-state index contributed by atoms with van der Waals surface area (Å²) in [4.78, 5) is 5.11. The molecule has 1 aromatic carbocycles. The van der Waals surface area contributed by atoms with Crippen LogP contribution in [-0.2, 0) is 6.42 Å². The van der Waals surface area contributed by atoms with Crippen LogP contribution in [0.2, 0.25) is 0 Å². The summed E-state index contributed by atoms with van der Waals surface area (Å²) in [6, 6.07) is 11.6. The molecule has 0 spiro atoms. The molecule has 0 saturated carbocycles. The maximum atomic E-state index is 2.66. The fourth-order valence-corrected chi connectivity index (χ4v) is 2.71. The molecule has 0 N–H and O–H groups in total. The van der Waals surface area contributed by atoms with Crippen molar-refractivity contribution in [3.05, 3.63) is 35.9 Å². The highest BCUT2D eigenvalue weighted by Crippen LogP contribution is 2.12. The van der Waals surface area contributed by atoms with Crippen LogP contribution in [0.3, 0.4) is 0 Å². The van der Waals surface area contributed by atoms with Gasteiger partial charge in [-0.05, 0) is 51.9 Å². The maximum absolute atomic E-state index is 2.66. The summed E-state index contributed by atoms with van der Waals surface area (Å²) in [5.74, 6) is 0. The van der Waals surface area contributed by atoms with Gasteiger partial charge < -0.3 is 4.90 Å². The molecule has 2 nitrogen and oxygen atoms in total. The Morgan fingerprint density at radius 1 is 1.06 bits per heavy atom. The lowest BCUT2D eigenvalue weighted by atomic mass is 10.1. The number of hydrogen-bond donors (Lipinski definition) is 0. The van der Waals surface area contributed by atoms with Crippen LogP contribution in [0.4, 0.5) is 0 Å². The molecule has 1 aromatic rings. The number of rotatable bonds is 4. The monoisotopic (exact) mass is 246 g/mol. The molecule has 0 aliphatic carbocycles. The van der Waals surface area contributed by atoms with E-state index in [4.69, 9.17) is 0 Å². The summed E-state index contributed by atoms with van der Waals surface area (Å²) < 4.78 is 0. The summed E-state index contributed by atoms with van der Waals surface area (Å²) in [6.45, 7) is 7.35. The number of nitrogens with zero attached hydrogens (tertiary/aromatic N) is 2. The van der Waals surface area contributed by atoms with E-state index in [1.807, 2.05) is 0 Å². The van der Waals surface area contributed by atoms with E-state index in [1.165, 1.54) is 51.0 Å². The molecule has 0 bridgehead atoms. The summed E-state index contributed by atoms with van der Waals surface area (Å²) in [5.41, 5.74) is 1.47. The molecule has 18 heavy (non-hydrogen) atoms. The fourth-order valence-electron chi connectivity index (χ4n) is 2.71. The van der Waals surface area contributed by atoms with Crippen molar-refractivity contribution in [2.24, 2.45) is 0 Å². The number of benzene rings is 1. The van der Waals surface area contributed by atoms with E-state index in [2.05, 4.69) is 54.1 Å². The third kappa shape index (κ3) is 4.11. The molecule has 1 atom stereocenters. The van der Waals surface area contributed by atoms with Gasteiger partial charge in [0.2, 0.25) is 0 Å². The summed E-state index contributed by atoms with van der Waals surface area (Å²) >= 11 is 0. The minimum absolute atomic E-state index is 0.705. The van der Waals surface area contributed by atoms with E-state index >= 15 is 0 Å². The molecular weight excluding hydrogens is 220 g/mol. The Hall–Kier alpha value is -0.860. The van der Waals surface area contributed by atoms with Crippen LogP contribution in [0.1, 0.15) is 25.3 Å². The predicted molar refractivity (Wildman–Crippen MR) is 77.9 cm³/mol. The molecule has 100 valence electrons. The Bertz CT molecular complexity index is 336. The molecule has 1 aliphatic heterocycles. The van der Waals surface area contributed by atoms with Gasteiger partial charge in [0.05, 0.1) is 0 Å². The van der Waals surface area contributed by atoms with Crippen molar-refractivity contribution in [1.82, 2.24) is 9.80 Å². The van der Waals surface area contributed by atoms with Gasteiger partial charge in [0.15, 0.2) is 0 Å². The van der Waals surface area contributed by atoms with Crippen molar-refractivity contribution < 1.29 is 0 Å². The third-order valence-corrected chi connectivity index (χ3v) is 4.07. The number of aryl methyl sites for hydroxylation is 1. The molecule has 2 rings (SSSR count). The Morgan fingerprint density at radius 3 is 2.61 bits per heavy atom. The molecule has 2 heteroatoms. The molecule has 0 amide bonds. The SMILES string of the molecule is CC(CCc1ccccc1)N1CCCN(C)CC1. The number of hydrogen-bond acceptors (Lipinski definition) is 2. The zero-order chi connectivity index (χ0) is 12.8. The van der Waals surface area contributed by atoms with E-state index < -0.39 is 0 Å². The van der Waals surface area contributed by atoms with Crippen LogP contribution in [-0.4, -0.2) is 49.1 Å². The normalized spacial score (nSPS) is 20.6. The lowest BCUT2D eigenvalue weighted by molar-refractivity contribution is 0.206. The largest absolute Gasteiger partial charge is 0.305 e. The predicted octanol–water partition coefficient (Wildman–Crippen LogP) is 2.65. The minimum atomic E-state index is 0.705. The quantitative estimate of drug-likeness (QED) is 0.806. The Morgan fingerprint density at radius 2 is 1.83 bits per heavy atom. The van der Waals surface area contributed by atoms with Crippen LogP contribution >= 0.6 is 0 Å². The maximum Gasteiger partial charge on any atom is 0.0112 e. The topological polar surface area (TPSA) is 6.48 Å². The second-order valence-electron chi connectivity index (χ2n) is 5.57. The first kappa shape index (κ1) is 13.6. The zero-order valence-electron chi connectivity index (χ0n) is 11.8. The highest BCUT2D eigenvalue weighted by atomic mass is 15.2. The fraction of sp³-hybridized carbons (Fsp3) is 0.625. The van der Waals surface area contributed by atoms with E-state index in [0.29, 0.717) is 6.04 Å². The van der Waals surface area contributed by atoms with Crippen molar-refractivity contribution in [1.29, 1.82) is 0 Å². The standard InChI is InChI=1S/C16H26N2/c1-15(9-10-16-7-4-3-5-8-16)18-12-6-11-17(2)13-14-18/h3-5,7-8,15H,6,9-14H2,1-2H3. The Labute approximate surface area is 112 Å². The molecule has 1 unspecified atom stereocenters. The van der Waals surface area contributed by atoms with Gasteiger partial charge >= 0.3 is 0 Å². The lowest BCUT2D eigenvalue weighted by Gasteiger charge is -2.27. The average Bonchev–Trinajstić information content (AvgIpc) is 2.62. The molecule has 1 fully saturated rings. The van der Waals surface area contributed by atoms with Crippen LogP contribution in [0.5, 0.6) is 0 Å². The van der Waals surface area contributed by atoms with Gasteiger partial charge in [0.1, 0.15) is 0 Å². The second kappa shape index (κ2) is 6.91. The van der Waals surface area contributed by atoms with Crippen molar-refractivity contribution >= 4 is 0 Å². The van der Waals surface area contributed by atoms with Gasteiger partial charge in [-0.1, -0.05) is 30.3 Å². The van der Waals surface area contributed by atoms with Crippen LogP contribution in [0, 0.1) is 0 Å². The van der Waals surface area contributed by atoms with Gasteiger partial charge in [0, 0.05) is 19.1 Å². The highest BCUT2D eigenvalue weighted by Gasteiger charge is 2.17. The molecule has 1 aliphatic rings. The number of likely N-dealkylation sites (N-methyl/N-ethyl adjacent to an activating group) is 1. The van der Waals surface area contributed by atoms with E-state index in [-0.39, 0.29) is 0 Å². The van der Waals surface area contributed by atoms with E-state index in [9.17, 15) is 0 Å². The second-order valence-corrected chi connectivity index (χ2v) is 5.57.